The number of nitrogens with zero attached hydrogens (tertiary/aromatic N) is 1. The van der Waals surface area contributed by atoms with Crippen LogP contribution in [0, 0.1) is 0 Å². The van der Waals surface area contributed by atoms with Crippen LogP contribution in [-0.4, -0.2) is 0 Å². The summed E-state index contributed by atoms with van der Waals surface area (Å²) in [4.78, 5) is 2.33. The van der Waals surface area contributed by atoms with Crippen LogP contribution < -0.4 is 4.90 Å². The highest BCUT2D eigenvalue weighted by Crippen LogP contribution is 2.44. The maximum atomic E-state index is 6.52. The van der Waals surface area contributed by atoms with Gasteiger partial charge in [0.2, 0.25) is 0 Å². The predicted octanol–water partition coefficient (Wildman–Crippen LogP) is 11.5. The minimum atomic E-state index is 0.884. The fraction of sp³-hybridized carbons (Fsp3) is 0. The van der Waals surface area contributed by atoms with E-state index in [1.165, 1.54) is 27.6 Å². The van der Waals surface area contributed by atoms with Crippen LogP contribution in [0.4, 0.5) is 17.1 Å². The molecule has 2 heteroatoms. The molecule has 0 aliphatic carbocycles. The van der Waals surface area contributed by atoms with Crippen molar-refractivity contribution in [3.05, 3.63) is 164 Å². The summed E-state index contributed by atoms with van der Waals surface area (Å²) < 4.78 is 6.52. The third-order valence-electron chi connectivity index (χ3n) is 8.07. The Kier molecular flexibility index (Phi) is 5.82. The summed E-state index contributed by atoms with van der Waals surface area (Å²) in [7, 11) is 0. The number of anilines is 3. The van der Waals surface area contributed by atoms with Crippen molar-refractivity contribution in [1.82, 2.24) is 0 Å². The summed E-state index contributed by atoms with van der Waals surface area (Å²) in [6.45, 7) is 0. The van der Waals surface area contributed by atoms with Crippen LogP contribution in [0.1, 0.15) is 0 Å². The van der Waals surface area contributed by atoms with Gasteiger partial charge in [-0.05, 0) is 70.1 Å². The van der Waals surface area contributed by atoms with Gasteiger partial charge in [0.05, 0.1) is 11.1 Å². The van der Waals surface area contributed by atoms with Crippen LogP contribution >= 0.6 is 0 Å². The van der Waals surface area contributed by atoms with Crippen molar-refractivity contribution < 1.29 is 4.42 Å². The molecule has 0 amide bonds. The first-order chi connectivity index (χ1) is 20.8. The molecule has 1 aromatic heterocycles. The first-order valence-corrected chi connectivity index (χ1v) is 14.3. The quantitative estimate of drug-likeness (QED) is 0.217. The molecule has 42 heavy (non-hydrogen) atoms. The standard InChI is InChI=1S/C40H27NO/c1-3-10-28(11-4-1)29-18-20-30(21-19-29)31-22-25-34(26-23-31)41(33-13-5-2-6-14-33)37-16-9-17-38-39(37)36-27-24-32-12-7-8-15-35(32)40(36)42-38/h1-27H. The maximum Gasteiger partial charge on any atom is 0.143 e. The van der Waals surface area contributed by atoms with Crippen LogP contribution in [0.3, 0.4) is 0 Å². The molecule has 0 fully saturated rings. The van der Waals surface area contributed by atoms with Crippen molar-refractivity contribution in [3.8, 4) is 22.3 Å². The average Bonchev–Trinajstić information content (AvgIpc) is 3.46. The Morgan fingerprint density at radius 2 is 0.952 bits per heavy atom. The van der Waals surface area contributed by atoms with Crippen LogP contribution in [0.5, 0.6) is 0 Å². The second-order valence-corrected chi connectivity index (χ2v) is 10.6. The Hall–Kier alpha value is -5.60. The molecule has 0 saturated heterocycles. The highest BCUT2D eigenvalue weighted by Gasteiger charge is 2.20. The van der Waals surface area contributed by atoms with E-state index >= 15 is 0 Å². The number of hydrogen-bond acceptors (Lipinski definition) is 2. The Balaban J connectivity index is 1.24. The van der Waals surface area contributed by atoms with Crippen molar-refractivity contribution in [2.75, 3.05) is 4.90 Å². The lowest BCUT2D eigenvalue weighted by molar-refractivity contribution is 0.672. The highest BCUT2D eigenvalue weighted by atomic mass is 16.3. The molecule has 2 nitrogen and oxygen atoms in total. The summed E-state index contributed by atoms with van der Waals surface area (Å²) in [5, 5.41) is 4.54. The zero-order valence-corrected chi connectivity index (χ0v) is 22.9. The number of furan rings is 1. The van der Waals surface area contributed by atoms with Gasteiger partial charge in [0.25, 0.3) is 0 Å². The van der Waals surface area contributed by atoms with E-state index in [2.05, 4.69) is 169 Å². The molecule has 0 spiro atoms. The SMILES string of the molecule is c1ccc(-c2ccc(-c3ccc(N(c4ccccc4)c4cccc5oc6c7ccccc7ccc6c45)cc3)cc2)cc1. The Morgan fingerprint density at radius 3 is 1.67 bits per heavy atom. The van der Waals surface area contributed by atoms with Crippen molar-refractivity contribution in [2.24, 2.45) is 0 Å². The monoisotopic (exact) mass is 537 g/mol. The number of fused-ring (bicyclic) bond motifs is 5. The molecule has 8 aromatic rings. The molecule has 198 valence electrons. The fourth-order valence-electron chi connectivity index (χ4n) is 6.01. The Morgan fingerprint density at radius 1 is 0.381 bits per heavy atom. The number of benzene rings is 7. The first-order valence-electron chi connectivity index (χ1n) is 14.3. The number of rotatable bonds is 5. The first kappa shape index (κ1) is 24.2. The van der Waals surface area contributed by atoms with Gasteiger partial charge in [-0.15, -0.1) is 0 Å². The molecule has 0 atom stereocenters. The second kappa shape index (κ2) is 10.1. The minimum absolute atomic E-state index is 0.884. The van der Waals surface area contributed by atoms with Crippen LogP contribution in [0.25, 0.3) is 55.0 Å². The highest BCUT2D eigenvalue weighted by molar-refractivity contribution is 6.19. The van der Waals surface area contributed by atoms with E-state index in [0.29, 0.717) is 0 Å². The maximum absolute atomic E-state index is 6.52. The third-order valence-corrected chi connectivity index (χ3v) is 8.07. The lowest BCUT2D eigenvalue weighted by Gasteiger charge is -2.26. The minimum Gasteiger partial charge on any atom is -0.455 e. The van der Waals surface area contributed by atoms with Gasteiger partial charge in [-0.25, -0.2) is 0 Å². The molecule has 0 radical (unpaired) electrons. The largest absolute Gasteiger partial charge is 0.455 e. The van der Waals surface area contributed by atoms with Gasteiger partial charge in [-0.3, -0.25) is 0 Å². The lowest BCUT2D eigenvalue weighted by Crippen LogP contribution is -2.10. The molecule has 0 aliphatic heterocycles. The molecule has 0 aliphatic rings. The Labute approximate surface area is 244 Å². The van der Waals surface area contributed by atoms with E-state index < -0.39 is 0 Å². The smallest absolute Gasteiger partial charge is 0.143 e. The summed E-state index contributed by atoms with van der Waals surface area (Å²) in [6, 6.07) is 57.9. The van der Waals surface area contributed by atoms with Gasteiger partial charge in [-0.2, -0.15) is 0 Å². The van der Waals surface area contributed by atoms with E-state index in [-0.39, 0.29) is 0 Å². The van der Waals surface area contributed by atoms with Crippen molar-refractivity contribution in [1.29, 1.82) is 0 Å². The molecular formula is C40H27NO. The molecule has 1 heterocycles. The molecular weight excluding hydrogens is 510 g/mol. The topological polar surface area (TPSA) is 16.4 Å². The van der Waals surface area contributed by atoms with Gasteiger partial charge >= 0.3 is 0 Å². The molecule has 0 N–H and O–H groups in total. The number of para-hydroxylation sites is 1. The van der Waals surface area contributed by atoms with E-state index in [0.717, 1.165) is 44.4 Å². The van der Waals surface area contributed by atoms with Crippen LogP contribution in [-0.2, 0) is 0 Å². The summed E-state index contributed by atoms with van der Waals surface area (Å²) in [5.41, 5.74) is 9.92. The van der Waals surface area contributed by atoms with Gasteiger partial charge in [0.1, 0.15) is 11.2 Å². The average molecular weight is 538 g/mol. The lowest BCUT2D eigenvalue weighted by atomic mass is 10.00. The second-order valence-electron chi connectivity index (χ2n) is 10.6. The van der Waals surface area contributed by atoms with Crippen LogP contribution in [0.15, 0.2) is 168 Å². The summed E-state index contributed by atoms with van der Waals surface area (Å²) in [6.07, 6.45) is 0. The van der Waals surface area contributed by atoms with E-state index in [1.54, 1.807) is 0 Å². The molecule has 7 aromatic carbocycles. The van der Waals surface area contributed by atoms with Gasteiger partial charge < -0.3 is 9.32 Å². The van der Waals surface area contributed by atoms with E-state index in [9.17, 15) is 0 Å². The molecule has 0 unspecified atom stereocenters. The zero-order chi connectivity index (χ0) is 27.9. The van der Waals surface area contributed by atoms with Gasteiger partial charge in [-0.1, -0.05) is 121 Å². The number of hydrogen-bond donors (Lipinski definition) is 0. The van der Waals surface area contributed by atoms with E-state index in [4.69, 9.17) is 4.42 Å². The van der Waals surface area contributed by atoms with Crippen LogP contribution in [0.2, 0.25) is 0 Å². The Bertz CT molecular complexity index is 2160. The summed E-state index contributed by atoms with van der Waals surface area (Å²) in [5.74, 6) is 0. The zero-order valence-electron chi connectivity index (χ0n) is 22.9. The van der Waals surface area contributed by atoms with Crippen molar-refractivity contribution in [2.45, 2.75) is 0 Å². The van der Waals surface area contributed by atoms with Crippen molar-refractivity contribution >= 4 is 49.8 Å². The fourth-order valence-corrected chi connectivity index (χ4v) is 6.01. The molecule has 0 saturated carbocycles. The third kappa shape index (κ3) is 4.13. The summed E-state index contributed by atoms with van der Waals surface area (Å²) >= 11 is 0. The van der Waals surface area contributed by atoms with Crippen molar-refractivity contribution in [3.63, 3.8) is 0 Å². The van der Waals surface area contributed by atoms with Gasteiger partial charge in [0.15, 0.2) is 0 Å². The van der Waals surface area contributed by atoms with E-state index in [1.807, 2.05) is 0 Å². The molecule has 0 bridgehead atoms. The normalized spacial score (nSPS) is 11.3. The van der Waals surface area contributed by atoms with Gasteiger partial charge in [0, 0.05) is 22.1 Å². The predicted molar refractivity (Wildman–Crippen MR) is 177 cm³/mol. The molecule has 8 rings (SSSR count).